The largest absolute Gasteiger partial charge is 0.406 e. The third-order valence-corrected chi connectivity index (χ3v) is 5.57. The first-order chi connectivity index (χ1) is 12.3. The van der Waals surface area contributed by atoms with Crippen molar-refractivity contribution in [2.24, 2.45) is 5.92 Å². The van der Waals surface area contributed by atoms with Crippen LogP contribution in [-0.4, -0.2) is 79.1 Å². The van der Waals surface area contributed by atoms with Crippen LogP contribution in [0.2, 0.25) is 0 Å². The summed E-state index contributed by atoms with van der Waals surface area (Å²) in [7, 11) is 0. The van der Waals surface area contributed by atoms with Crippen LogP contribution < -0.4 is 10.6 Å². The molecule has 27 heavy (non-hydrogen) atoms. The van der Waals surface area contributed by atoms with Gasteiger partial charge in [0.1, 0.15) is 6.54 Å². The van der Waals surface area contributed by atoms with E-state index in [1.165, 1.54) is 0 Å². The second-order valence-corrected chi connectivity index (χ2v) is 7.58. The molecule has 10 heteroatoms. The molecule has 3 rings (SSSR count). The zero-order valence-electron chi connectivity index (χ0n) is 15.3. The Bertz CT molecular complexity index is 529. The molecule has 0 saturated carbocycles. The summed E-state index contributed by atoms with van der Waals surface area (Å²) in [6.45, 7) is 1.80. The minimum Gasteiger partial charge on any atom is -0.354 e. The van der Waals surface area contributed by atoms with Crippen molar-refractivity contribution >= 4 is 24.2 Å². The van der Waals surface area contributed by atoms with Crippen LogP contribution in [0, 0.1) is 5.92 Å². The third-order valence-electron chi connectivity index (χ3n) is 5.57. The fourth-order valence-corrected chi connectivity index (χ4v) is 4.26. The van der Waals surface area contributed by atoms with Crippen LogP contribution in [0.1, 0.15) is 32.1 Å². The molecule has 156 valence electrons. The van der Waals surface area contributed by atoms with Crippen molar-refractivity contribution in [2.45, 2.75) is 50.4 Å². The van der Waals surface area contributed by atoms with E-state index in [0.717, 1.165) is 43.7 Å². The van der Waals surface area contributed by atoms with Gasteiger partial charge in [0.25, 0.3) is 0 Å². The molecule has 2 N–H and O–H groups in total. The highest BCUT2D eigenvalue weighted by Gasteiger charge is 2.42. The minimum atomic E-state index is -4.35. The van der Waals surface area contributed by atoms with Crippen LogP contribution in [0.3, 0.4) is 0 Å². The number of amides is 2. The molecule has 0 aromatic rings. The highest BCUT2D eigenvalue weighted by atomic mass is 35.5. The van der Waals surface area contributed by atoms with Gasteiger partial charge in [0, 0.05) is 19.6 Å². The van der Waals surface area contributed by atoms with Gasteiger partial charge in [0.05, 0.1) is 12.1 Å². The smallest absolute Gasteiger partial charge is 0.354 e. The summed E-state index contributed by atoms with van der Waals surface area (Å²) in [5, 5.41) is 6.15. The SMILES string of the molecule is Cl.O=C(NCC1CCCN(C2CCN(CC(F)(F)F)C2=O)C1)C1CCCN1. The van der Waals surface area contributed by atoms with Crippen molar-refractivity contribution < 1.29 is 22.8 Å². The Morgan fingerprint density at radius 3 is 2.63 bits per heavy atom. The Labute approximate surface area is 163 Å². The number of hydrogen-bond acceptors (Lipinski definition) is 4. The molecular weight excluding hydrogens is 385 g/mol. The molecule has 3 saturated heterocycles. The summed E-state index contributed by atoms with van der Waals surface area (Å²) in [5.74, 6) is -0.159. The van der Waals surface area contributed by atoms with Gasteiger partial charge in [-0.05, 0) is 51.1 Å². The van der Waals surface area contributed by atoms with Gasteiger partial charge in [-0.15, -0.1) is 12.4 Å². The first kappa shape index (κ1) is 22.2. The summed E-state index contributed by atoms with van der Waals surface area (Å²) in [5.41, 5.74) is 0. The molecule has 3 atom stereocenters. The summed E-state index contributed by atoms with van der Waals surface area (Å²) >= 11 is 0. The highest BCUT2D eigenvalue weighted by Crippen LogP contribution is 2.26. The second-order valence-electron chi connectivity index (χ2n) is 7.58. The quantitative estimate of drug-likeness (QED) is 0.711. The van der Waals surface area contributed by atoms with Crippen LogP contribution in [0.15, 0.2) is 0 Å². The molecule has 3 heterocycles. The van der Waals surface area contributed by atoms with Crippen LogP contribution in [0.25, 0.3) is 0 Å². The van der Waals surface area contributed by atoms with Crippen LogP contribution >= 0.6 is 12.4 Å². The summed E-state index contributed by atoms with van der Waals surface area (Å²) < 4.78 is 37.7. The van der Waals surface area contributed by atoms with E-state index in [9.17, 15) is 22.8 Å². The summed E-state index contributed by atoms with van der Waals surface area (Å²) in [6, 6.07) is -0.561. The van der Waals surface area contributed by atoms with E-state index in [1.54, 1.807) is 0 Å². The van der Waals surface area contributed by atoms with Crippen LogP contribution in [0.4, 0.5) is 13.2 Å². The van der Waals surface area contributed by atoms with Crippen molar-refractivity contribution in [3.63, 3.8) is 0 Å². The molecule has 3 unspecified atom stereocenters. The molecule has 3 fully saturated rings. The van der Waals surface area contributed by atoms with Gasteiger partial charge in [-0.1, -0.05) is 0 Å². The number of likely N-dealkylation sites (tertiary alicyclic amines) is 2. The molecule has 0 aromatic heterocycles. The lowest BCUT2D eigenvalue weighted by Crippen LogP contribution is -2.50. The molecule has 0 aromatic carbocycles. The van der Waals surface area contributed by atoms with Gasteiger partial charge in [-0.25, -0.2) is 0 Å². The number of piperidine rings is 1. The van der Waals surface area contributed by atoms with Gasteiger partial charge in [0.2, 0.25) is 11.8 Å². The van der Waals surface area contributed by atoms with Crippen molar-refractivity contribution in [1.29, 1.82) is 0 Å². The number of halogens is 4. The lowest BCUT2D eigenvalue weighted by atomic mass is 9.96. The fourth-order valence-electron chi connectivity index (χ4n) is 4.26. The monoisotopic (exact) mass is 412 g/mol. The fraction of sp³-hybridized carbons (Fsp3) is 0.882. The van der Waals surface area contributed by atoms with Crippen LogP contribution in [-0.2, 0) is 9.59 Å². The molecule has 0 bridgehead atoms. The Morgan fingerprint density at radius 1 is 1.19 bits per heavy atom. The molecule has 2 amide bonds. The van der Waals surface area contributed by atoms with E-state index in [0.29, 0.717) is 19.5 Å². The lowest BCUT2D eigenvalue weighted by molar-refractivity contribution is -0.159. The number of carbonyl (C=O) groups is 2. The first-order valence-electron chi connectivity index (χ1n) is 9.44. The van der Waals surface area contributed by atoms with E-state index in [2.05, 4.69) is 10.6 Å². The Balaban J connectivity index is 0.00000261. The number of hydrogen-bond donors (Lipinski definition) is 2. The molecule has 0 spiro atoms. The lowest BCUT2D eigenvalue weighted by Gasteiger charge is -2.36. The average Bonchev–Trinajstić information content (AvgIpc) is 3.23. The van der Waals surface area contributed by atoms with E-state index in [4.69, 9.17) is 0 Å². The molecular formula is C17H28ClF3N4O2. The van der Waals surface area contributed by atoms with Gasteiger partial charge >= 0.3 is 6.18 Å². The second kappa shape index (κ2) is 9.43. The molecule has 3 aliphatic rings. The highest BCUT2D eigenvalue weighted by molar-refractivity contribution is 5.85. The van der Waals surface area contributed by atoms with Gasteiger partial charge in [-0.3, -0.25) is 14.5 Å². The molecule has 0 radical (unpaired) electrons. The Kier molecular flexibility index (Phi) is 7.76. The normalized spacial score (nSPS) is 29.7. The number of nitrogens with zero attached hydrogens (tertiary/aromatic N) is 2. The number of nitrogens with one attached hydrogen (secondary N) is 2. The van der Waals surface area contributed by atoms with Gasteiger partial charge < -0.3 is 15.5 Å². The van der Waals surface area contributed by atoms with Crippen molar-refractivity contribution in [2.75, 3.05) is 39.3 Å². The van der Waals surface area contributed by atoms with Crippen molar-refractivity contribution in [3.8, 4) is 0 Å². The Morgan fingerprint density at radius 2 is 1.96 bits per heavy atom. The molecule has 0 aliphatic carbocycles. The maximum absolute atomic E-state index is 12.6. The number of alkyl halides is 3. The predicted octanol–water partition coefficient (Wildman–Crippen LogP) is 1.15. The van der Waals surface area contributed by atoms with E-state index in [1.807, 2.05) is 4.90 Å². The van der Waals surface area contributed by atoms with E-state index in [-0.39, 0.29) is 36.8 Å². The van der Waals surface area contributed by atoms with Crippen LogP contribution in [0.5, 0.6) is 0 Å². The van der Waals surface area contributed by atoms with Crippen molar-refractivity contribution in [1.82, 2.24) is 20.4 Å². The van der Waals surface area contributed by atoms with Gasteiger partial charge in [0.15, 0.2) is 0 Å². The molecule has 3 aliphatic heterocycles. The topological polar surface area (TPSA) is 64.7 Å². The summed E-state index contributed by atoms with van der Waals surface area (Å²) in [6.07, 6.45) is -0.192. The average molecular weight is 413 g/mol. The zero-order valence-corrected chi connectivity index (χ0v) is 16.1. The number of rotatable bonds is 5. The van der Waals surface area contributed by atoms with E-state index < -0.39 is 24.7 Å². The maximum atomic E-state index is 12.6. The Hall–Kier alpha value is -1.06. The molecule has 6 nitrogen and oxygen atoms in total. The predicted molar refractivity (Wildman–Crippen MR) is 96.6 cm³/mol. The zero-order chi connectivity index (χ0) is 18.7. The van der Waals surface area contributed by atoms with E-state index >= 15 is 0 Å². The number of carbonyl (C=O) groups excluding carboxylic acids is 2. The standard InChI is InChI=1S/C17H27F3N4O2.ClH/c18-17(19,20)11-24-8-5-14(16(24)26)23-7-2-3-12(10-23)9-22-15(25)13-4-1-6-21-13;/h12-14,21H,1-11H2,(H,22,25);1H. The minimum absolute atomic E-state index is 0. The summed E-state index contributed by atoms with van der Waals surface area (Å²) in [4.78, 5) is 27.4. The van der Waals surface area contributed by atoms with Gasteiger partial charge in [-0.2, -0.15) is 13.2 Å². The van der Waals surface area contributed by atoms with Crippen molar-refractivity contribution in [3.05, 3.63) is 0 Å². The third kappa shape index (κ3) is 5.96. The maximum Gasteiger partial charge on any atom is 0.406 e. The first-order valence-corrected chi connectivity index (χ1v) is 9.44.